The molecule has 0 aliphatic carbocycles. The second kappa shape index (κ2) is 17.0. The first-order chi connectivity index (χ1) is 20.2. The number of esters is 1. The summed E-state index contributed by atoms with van der Waals surface area (Å²) < 4.78 is 10.8. The average Bonchev–Trinajstić information content (AvgIpc) is 3.46. The Labute approximate surface area is 266 Å². The zero-order chi connectivity index (χ0) is 32.2. The fourth-order valence-corrected chi connectivity index (χ4v) is 5.72. The molecule has 0 aliphatic rings. The number of aliphatic hydroxyl groups excluding tert-OH is 1. The number of carbonyl (C=O) groups excluding carboxylic acids is 4. The highest BCUT2D eigenvalue weighted by Gasteiger charge is 2.39. The maximum Gasteiger partial charge on any atom is 0.330 e. The number of unbranched alkanes of at least 4 members (excludes halogenated alkanes) is 2. The normalized spacial score (nSPS) is 13.1. The average molecular weight is 700 g/mol. The van der Waals surface area contributed by atoms with E-state index in [1.165, 1.54) is 11.3 Å². The van der Waals surface area contributed by atoms with Crippen LogP contribution in [0.5, 0.6) is 0 Å². The van der Waals surface area contributed by atoms with Gasteiger partial charge in [-0.15, -0.1) is 11.3 Å². The van der Waals surface area contributed by atoms with Crippen molar-refractivity contribution in [2.75, 3.05) is 31.0 Å². The quantitative estimate of drug-likeness (QED) is 0.0866. The molecule has 0 bridgehead atoms. The molecular weight excluding hydrogens is 656 g/mol. The number of nitrogens with one attached hydrogen (secondary N) is 3. The highest BCUT2D eigenvalue weighted by molar-refractivity contribution is 9.09. The second-order valence-corrected chi connectivity index (χ2v) is 18.0. The van der Waals surface area contributed by atoms with E-state index in [1.807, 2.05) is 25.2 Å². The predicted octanol–water partition coefficient (Wildman–Crippen LogP) is 4.47. The topological polar surface area (TPSA) is 156 Å². The molecule has 11 nitrogen and oxygen atoms in total. The Morgan fingerprint density at radius 1 is 1.05 bits per heavy atom. The van der Waals surface area contributed by atoms with Crippen molar-refractivity contribution in [2.24, 2.45) is 0 Å². The Hall–Kier alpha value is -2.65. The number of nitrogens with zero attached hydrogens (tertiary/aromatic N) is 1. The minimum absolute atomic E-state index is 0.0384. The fraction of sp³-hybridized carbons (Fsp3) is 0.552. The van der Waals surface area contributed by atoms with Crippen molar-refractivity contribution in [3.63, 3.8) is 0 Å². The highest BCUT2D eigenvalue weighted by atomic mass is 79.9. The second-order valence-electron chi connectivity index (χ2n) is 11.5. The van der Waals surface area contributed by atoms with Gasteiger partial charge in [0.1, 0.15) is 16.7 Å². The molecule has 238 valence electrons. The van der Waals surface area contributed by atoms with Crippen LogP contribution >= 0.6 is 27.3 Å². The number of halogens is 1. The molecule has 3 amide bonds. The van der Waals surface area contributed by atoms with Crippen molar-refractivity contribution < 1.29 is 33.4 Å². The van der Waals surface area contributed by atoms with Crippen LogP contribution in [0.2, 0.25) is 18.1 Å². The summed E-state index contributed by atoms with van der Waals surface area (Å²) in [6, 6.07) is 4.74. The van der Waals surface area contributed by atoms with Gasteiger partial charge in [-0.2, -0.15) is 0 Å². The number of benzene rings is 1. The Kier molecular flexibility index (Phi) is 14.4. The summed E-state index contributed by atoms with van der Waals surface area (Å²) in [4.78, 5) is 54.9. The molecule has 2 aromatic rings. The van der Waals surface area contributed by atoms with E-state index in [0.717, 1.165) is 37.3 Å². The number of amides is 3. The van der Waals surface area contributed by atoms with Crippen LogP contribution in [0.15, 0.2) is 29.6 Å². The number of hydrogen-bond donors (Lipinski definition) is 4. The molecule has 0 saturated heterocycles. The Bertz CT molecular complexity index is 1230. The third kappa shape index (κ3) is 11.4. The smallest absolute Gasteiger partial charge is 0.330 e. The summed E-state index contributed by atoms with van der Waals surface area (Å²) in [5.74, 6) is -2.15. The van der Waals surface area contributed by atoms with Crippen LogP contribution in [0.4, 0.5) is 5.69 Å². The van der Waals surface area contributed by atoms with E-state index in [-0.39, 0.29) is 23.2 Å². The molecule has 4 N–H and O–H groups in total. The molecule has 2 atom stereocenters. The van der Waals surface area contributed by atoms with E-state index >= 15 is 0 Å². The van der Waals surface area contributed by atoms with E-state index in [1.54, 1.807) is 17.5 Å². The predicted molar refractivity (Wildman–Crippen MR) is 174 cm³/mol. The molecule has 0 radical (unpaired) electrons. The summed E-state index contributed by atoms with van der Waals surface area (Å²) >= 11 is 4.65. The number of aliphatic hydroxyl groups is 1. The summed E-state index contributed by atoms with van der Waals surface area (Å²) in [7, 11) is -1.15. The molecule has 0 fully saturated rings. The van der Waals surface area contributed by atoms with Crippen molar-refractivity contribution in [1.29, 1.82) is 0 Å². The molecule has 14 heteroatoms. The lowest BCUT2D eigenvalue weighted by atomic mass is 10.2. The van der Waals surface area contributed by atoms with Gasteiger partial charge in [0, 0.05) is 28.4 Å². The van der Waals surface area contributed by atoms with Gasteiger partial charge in [-0.1, -0.05) is 43.1 Å². The zero-order valence-corrected chi connectivity index (χ0v) is 29.0. The molecular formula is C29H43BrN4O7SSi. The lowest BCUT2D eigenvalue weighted by Gasteiger charge is -2.37. The number of methoxy groups -OCH3 is 1. The van der Waals surface area contributed by atoms with Gasteiger partial charge in [0.2, 0.25) is 11.8 Å². The summed E-state index contributed by atoms with van der Waals surface area (Å²) in [5.41, 5.74) is 1.55. The van der Waals surface area contributed by atoms with Gasteiger partial charge in [-0.25, -0.2) is 9.78 Å². The van der Waals surface area contributed by atoms with Gasteiger partial charge >= 0.3 is 5.97 Å². The van der Waals surface area contributed by atoms with Crippen molar-refractivity contribution in [3.8, 4) is 10.6 Å². The van der Waals surface area contributed by atoms with E-state index < -0.39 is 44.8 Å². The number of aromatic nitrogens is 1. The number of alkyl halides is 1. The van der Waals surface area contributed by atoms with Crippen molar-refractivity contribution in [3.05, 3.63) is 35.3 Å². The Balaban J connectivity index is 2.13. The van der Waals surface area contributed by atoms with Gasteiger partial charge in [0.25, 0.3) is 5.91 Å². The molecule has 1 aromatic carbocycles. The van der Waals surface area contributed by atoms with Crippen molar-refractivity contribution >= 4 is 65.0 Å². The van der Waals surface area contributed by atoms with Gasteiger partial charge in [-0.05, 0) is 55.2 Å². The summed E-state index contributed by atoms with van der Waals surface area (Å²) in [5, 5.41) is 20.5. The van der Waals surface area contributed by atoms with Crippen LogP contribution in [0, 0.1) is 0 Å². The van der Waals surface area contributed by atoms with Gasteiger partial charge in [-0.3, -0.25) is 14.4 Å². The third-order valence-electron chi connectivity index (χ3n) is 7.21. The lowest BCUT2D eigenvalue weighted by molar-refractivity contribution is -0.146. The SMILES string of the molecule is COC(=O)[C@H](CO)NC(=O)[C@H](CO[Si](C)(C)C(C)(C)C)NC(=O)c1csc(-c2ccc(NC(=O)CCCCCBr)cc2)n1. The maximum atomic E-state index is 13.2. The van der Waals surface area contributed by atoms with Crippen LogP contribution in [-0.2, 0) is 23.5 Å². The molecule has 1 heterocycles. The Morgan fingerprint density at radius 3 is 2.30 bits per heavy atom. The van der Waals surface area contributed by atoms with E-state index in [4.69, 9.17) is 4.43 Å². The van der Waals surface area contributed by atoms with Gasteiger partial charge in [0.15, 0.2) is 14.4 Å². The number of anilines is 1. The van der Waals surface area contributed by atoms with E-state index in [9.17, 15) is 24.3 Å². The van der Waals surface area contributed by atoms with Crippen LogP contribution in [0.1, 0.15) is 56.9 Å². The van der Waals surface area contributed by atoms with Gasteiger partial charge in [0.05, 0.1) is 20.3 Å². The molecule has 2 rings (SSSR count). The minimum atomic E-state index is -2.30. The van der Waals surface area contributed by atoms with E-state index in [2.05, 4.69) is 62.4 Å². The van der Waals surface area contributed by atoms with Gasteiger partial charge < -0.3 is 30.2 Å². The Morgan fingerprint density at radius 2 is 1.72 bits per heavy atom. The highest BCUT2D eigenvalue weighted by Crippen LogP contribution is 2.36. The van der Waals surface area contributed by atoms with Crippen molar-refractivity contribution in [2.45, 2.75) is 76.7 Å². The fourth-order valence-electron chi connectivity index (χ4n) is 3.50. The summed E-state index contributed by atoms with van der Waals surface area (Å²) in [6.07, 6.45) is 3.32. The largest absolute Gasteiger partial charge is 0.467 e. The number of hydrogen-bond acceptors (Lipinski definition) is 9. The molecule has 0 unspecified atom stereocenters. The van der Waals surface area contributed by atoms with Crippen LogP contribution in [-0.4, -0.2) is 79.8 Å². The molecule has 43 heavy (non-hydrogen) atoms. The molecule has 1 aromatic heterocycles. The standard InChI is InChI=1S/C29H43BrN4O7SSi/c1-29(2,3)43(5,6)41-17-22(25(37)32-21(16-35)28(39)40-4)33-26(38)23-18-42-27(34-23)19-11-13-20(14-12-19)31-24(36)10-8-7-9-15-30/h11-14,18,21-22,35H,7-10,15-17H2,1-6H3,(H,31,36)(H,32,37)(H,33,38)/t21-,22-/m0/s1. The number of rotatable bonds is 16. The zero-order valence-electron chi connectivity index (χ0n) is 25.6. The molecule has 0 spiro atoms. The number of thiazole rings is 1. The summed E-state index contributed by atoms with van der Waals surface area (Å²) in [6.45, 7) is 9.39. The van der Waals surface area contributed by atoms with E-state index in [0.29, 0.717) is 17.1 Å². The van der Waals surface area contributed by atoms with Crippen LogP contribution in [0.3, 0.4) is 0 Å². The van der Waals surface area contributed by atoms with Crippen molar-refractivity contribution in [1.82, 2.24) is 15.6 Å². The lowest BCUT2D eigenvalue weighted by Crippen LogP contribution is -2.56. The van der Waals surface area contributed by atoms with Crippen LogP contribution in [0.25, 0.3) is 10.6 Å². The number of ether oxygens (including phenoxy) is 1. The first kappa shape index (κ1) is 36.5. The monoisotopic (exact) mass is 698 g/mol. The molecule has 0 saturated carbocycles. The molecule has 0 aliphatic heterocycles. The maximum absolute atomic E-state index is 13.2. The van der Waals surface area contributed by atoms with Crippen LogP contribution < -0.4 is 16.0 Å². The first-order valence-electron chi connectivity index (χ1n) is 14.1. The number of carbonyl (C=O) groups is 4. The minimum Gasteiger partial charge on any atom is -0.467 e. The first-order valence-corrected chi connectivity index (χ1v) is 19.0. The third-order valence-corrected chi connectivity index (χ3v) is 13.2.